The molecular weight excluding hydrogens is 290 g/mol. The summed E-state index contributed by atoms with van der Waals surface area (Å²) in [6.07, 6.45) is 0.598. The van der Waals surface area contributed by atoms with Crippen molar-refractivity contribution in [2.24, 2.45) is 11.8 Å². The van der Waals surface area contributed by atoms with Gasteiger partial charge in [0.05, 0.1) is 29.6 Å². The molecule has 2 saturated heterocycles. The number of ether oxygens (including phenoxy) is 1. The van der Waals surface area contributed by atoms with E-state index in [4.69, 9.17) is 9.84 Å². The average Bonchev–Trinajstić information content (AvgIpc) is 3.08. The Morgan fingerprint density at radius 1 is 1.00 bits per heavy atom. The summed E-state index contributed by atoms with van der Waals surface area (Å²) in [5.41, 5.74) is 0.548. The lowest BCUT2D eigenvalue weighted by molar-refractivity contribution is -0.147. The number of benzene rings is 1. The molecule has 0 unspecified atom stereocenters. The number of nitrogens with one attached hydrogen (secondary N) is 1. The molecule has 3 rings (SSSR count). The molecule has 1 amide bonds. The summed E-state index contributed by atoms with van der Waals surface area (Å²) in [5, 5.41) is 20.8. The summed E-state index contributed by atoms with van der Waals surface area (Å²) in [7, 11) is 0. The third kappa shape index (κ3) is 2.43. The lowest BCUT2D eigenvalue weighted by Crippen LogP contribution is -2.40. The van der Waals surface area contributed by atoms with E-state index in [-0.39, 0.29) is 11.7 Å². The van der Waals surface area contributed by atoms with Crippen LogP contribution >= 0.6 is 0 Å². The zero-order valence-corrected chi connectivity index (χ0v) is 11.6. The van der Waals surface area contributed by atoms with Crippen molar-refractivity contribution < 1.29 is 29.3 Å². The third-order valence-electron chi connectivity index (χ3n) is 4.26. The Bertz CT molecular complexity index is 625. The summed E-state index contributed by atoms with van der Waals surface area (Å²) < 4.78 is 5.55. The molecule has 2 fully saturated rings. The van der Waals surface area contributed by atoms with Crippen LogP contribution in [0, 0.1) is 11.8 Å². The fraction of sp³-hybridized carbons (Fsp3) is 0.400. The van der Waals surface area contributed by atoms with E-state index in [1.54, 1.807) is 0 Å². The number of amides is 1. The molecule has 0 saturated carbocycles. The van der Waals surface area contributed by atoms with Gasteiger partial charge in [-0.25, -0.2) is 4.79 Å². The fourth-order valence-corrected chi connectivity index (χ4v) is 3.25. The van der Waals surface area contributed by atoms with E-state index in [0.29, 0.717) is 18.5 Å². The van der Waals surface area contributed by atoms with Crippen molar-refractivity contribution in [2.75, 3.05) is 5.32 Å². The first kappa shape index (κ1) is 14.5. The number of carboxylic acid groups (broad SMARTS) is 2. The lowest BCUT2D eigenvalue weighted by atomic mass is 9.78. The molecule has 4 atom stereocenters. The zero-order valence-electron chi connectivity index (χ0n) is 11.6. The number of carbonyl (C=O) groups excluding carboxylic acids is 1. The molecule has 1 aromatic rings. The van der Waals surface area contributed by atoms with Crippen LogP contribution < -0.4 is 5.32 Å². The Morgan fingerprint density at radius 3 is 2.14 bits per heavy atom. The molecule has 2 heterocycles. The molecule has 116 valence electrons. The maximum Gasteiger partial charge on any atom is 0.335 e. The van der Waals surface area contributed by atoms with E-state index >= 15 is 0 Å². The Hall–Kier alpha value is -2.41. The number of carboxylic acids is 2. The normalized spacial score (nSPS) is 29.3. The van der Waals surface area contributed by atoms with Crippen molar-refractivity contribution in [2.45, 2.75) is 25.0 Å². The first-order chi connectivity index (χ1) is 10.5. The molecule has 2 aliphatic heterocycles. The van der Waals surface area contributed by atoms with Crippen molar-refractivity contribution >= 4 is 23.5 Å². The Morgan fingerprint density at radius 2 is 1.59 bits per heavy atom. The predicted molar refractivity (Wildman–Crippen MR) is 74.5 cm³/mol. The Labute approximate surface area is 125 Å². The van der Waals surface area contributed by atoms with Gasteiger partial charge in [-0.05, 0) is 37.1 Å². The standard InChI is InChI=1S/C15H15NO6/c17-13(16-8-3-1-7(2-4-8)14(18)19)11-9-5-6-10(22-9)12(11)15(20)21/h1-4,9-12H,5-6H2,(H,16,17)(H,18,19)(H,20,21)/t9-,10+,11+,12+/m1/s1. The van der Waals surface area contributed by atoms with Crippen LogP contribution in [0.2, 0.25) is 0 Å². The van der Waals surface area contributed by atoms with Gasteiger partial charge in [-0.15, -0.1) is 0 Å². The minimum atomic E-state index is -1.05. The SMILES string of the molecule is O=C(O)c1ccc(NC(=O)[C@@H]2[C@@H](C(=O)O)[C@@H]3CC[C@H]2O3)cc1. The van der Waals surface area contributed by atoms with Gasteiger partial charge in [0, 0.05) is 5.69 Å². The number of fused-ring (bicyclic) bond motifs is 2. The lowest BCUT2D eigenvalue weighted by Gasteiger charge is -2.23. The van der Waals surface area contributed by atoms with Crippen LogP contribution in [0.5, 0.6) is 0 Å². The van der Waals surface area contributed by atoms with Gasteiger partial charge >= 0.3 is 11.9 Å². The monoisotopic (exact) mass is 305 g/mol. The molecule has 0 aromatic heterocycles. The summed E-state index contributed by atoms with van der Waals surface area (Å²) >= 11 is 0. The van der Waals surface area contributed by atoms with Gasteiger partial charge in [-0.2, -0.15) is 0 Å². The van der Waals surface area contributed by atoms with Gasteiger partial charge < -0.3 is 20.3 Å². The Balaban J connectivity index is 1.73. The largest absolute Gasteiger partial charge is 0.481 e. The van der Waals surface area contributed by atoms with Crippen molar-refractivity contribution in [1.82, 2.24) is 0 Å². The quantitative estimate of drug-likeness (QED) is 0.770. The van der Waals surface area contributed by atoms with Crippen molar-refractivity contribution in [3.63, 3.8) is 0 Å². The Kier molecular flexibility index (Phi) is 3.58. The van der Waals surface area contributed by atoms with Gasteiger partial charge in [0.15, 0.2) is 0 Å². The molecule has 22 heavy (non-hydrogen) atoms. The maximum absolute atomic E-state index is 12.4. The van der Waals surface area contributed by atoms with Crippen LogP contribution in [-0.4, -0.2) is 40.3 Å². The highest BCUT2D eigenvalue weighted by molar-refractivity contribution is 5.96. The molecule has 2 bridgehead atoms. The minimum Gasteiger partial charge on any atom is -0.481 e. The summed E-state index contributed by atoms with van der Waals surface area (Å²) in [6.45, 7) is 0. The molecule has 7 heteroatoms. The van der Waals surface area contributed by atoms with Gasteiger partial charge in [0.2, 0.25) is 5.91 Å². The second-order valence-corrected chi connectivity index (χ2v) is 5.55. The maximum atomic E-state index is 12.4. The van der Waals surface area contributed by atoms with Gasteiger partial charge in [-0.1, -0.05) is 0 Å². The number of hydrogen-bond acceptors (Lipinski definition) is 4. The topological polar surface area (TPSA) is 113 Å². The molecule has 3 N–H and O–H groups in total. The molecule has 0 aliphatic carbocycles. The number of aliphatic carboxylic acids is 1. The van der Waals surface area contributed by atoms with Crippen LogP contribution in [0.15, 0.2) is 24.3 Å². The van der Waals surface area contributed by atoms with Crippen molar-refractivity contribution in [1.29, 1.82) is 0 Å². The highest BCUT2D eigenvalue weighted by Crippen LogP contribution is 2.44. The van der Waals surface area contributed by atoms with E-state index in [9.17, 15) is 19.5 Å². The smallest absolute Gasteiger partial charge is 0.335 e. The highest BCUT2D eigenvalue weighted by Gasteiger charge is 2.55. The predicted octanol–water partition coefficient (Wildman–Crippen LogP) is 1.20. The summed E-state index contributed by atoms with van der Waals surface area (Å²) in [5.74, 6) is -4.01. The first-order valence-electron chi connectivity index (χ1n) is 7.00. The van der Waals surface area contributed by atoms with E-state index in [1.165, 1.54) is 24.3 Å². The molecule has 0 radical (unpaired) electrons. The summed E-state index contributed by atoms with van der Waals surface area (Å²) in [6, 6.07) is 5.71. The second-order valence-electron chi connectivity index (χ2n) is 5.55. The van der Waals surface area contributed by atoms with Gasteiger partial charge in [0.25, 0.3) is 0 Å². The van der Waals surface area contributed by atoms with E-state index in [1.807, 2.05) is 0 Å². The van der Waals surface area contributed by atoms with Gasteiger partial charge in [0.1, 0.15) is 0 Å². The van der Waals surface area contributed by atoms with Crippen LogP contribution in [0.4, 0.5) is 5.69 Å². The van der Waals surface area contributed by atoms with E-state index in [2.05, 4.69) is 5.32 Å². The van der Waals surface area contributed by atoms with E-state index < -0.39 is 35.8 Å². The fourth-order valence-electron chi connectivity index (χ4n) is 3.25. The summed E-state index contributed by atoms with van der Waals surface area (Å²) in [4.78, 5) is 34.5. The minimum absolute atomic E-state index is 0.115. The first-order valence-corrected chi connectivity index (χ1v) is 7.00. The molecule has 7 nitrogen and oxygen atoms in total. The number of rotatable bonds is 4. The van der Waals surface area contributed by atoms with Gasteiger partial charge in [-0.3, -0.25) is 9.59 Å². The van der Waals surface area contributed by atoms with E-state index in [0.717, 1.165) is 0 Å². The number of aromatic carboxylic acids is 1. The number of carbonyl (C=O) groups is 3. The van der Waals surface area contributed by atoms with Crippen molar-refractivity contribution in [3.05, 3.63) is 29.8 Å². The second kappa shape index (κ2) is 5.42. The van der Waals surface area contributed by atoms with Crippen LogP contribution in [0.3, 0.4) is 0 Å². The highest BCUT2D eigenvalue weighted by atomic mass is 16.5. The van der Waals surface area contributed by atoms with Crippen LogP contribution in [-0.2, 0) is 14.3 Å². The molecule has 2 aliphatic rings. The number of hydrogen-bond donors (Lipinski definition) is 3. The van der Waals surface area contributed by atoms with Crippen LogP contribution in [0.25, 0.3) is 0 Å². The molecule has 1 aromatic carbocycles. The average molecular weight is 305 g/mol. The molecule has 0 spiro atoms. The van der Waals surface area contributed by atoms with Crippen LogP contribution in [0.1, 0.15) is 23.2 Å². The molecular formula is C15H15NO6. The van der Waals surface area contributed by atoms with Crippen molar-refractivity contribution in [3.8, 4) is 0 Å². The third-order valence-corrected chi connectivity index (χ3v) is 4.26. The number of anilines is 1. The zero-order chi connectivity index (χ0) is 15.9.